The van der Waals surface area contributed by atoms with E-state index >= 15 is 0 Å². The molecule has 128 valence electrons. The van der Waals surface area contributed by atoms with E-state index in [1.165, 1.54) is 6.20 Å². The van der Waals surface area contributed by atoms with Crippen molar-refractivity contribution in [1.29, 1.82) is 0 Å². The number of para-hydroxylation sites is 1. The molecule has 3 rings (SSSR count). The zero-order valence-corrected chi connectivity index (χ0v) is 13.8. The molecule has 25 heavy (non-hydrogen) atoms. The fourth-order valence-corrected chi connectivity index (χ4v) is 2.44. The van der Waals surface area contributed by atoms with Crippen LogP contribution in [-0.4, -0.2) is 23.4 Å². The van der Waals surface area contributed by atoms with Gasteiger partial charge in [-0.3, -0.25) is 20.4 Å². The van der Waals surface area contributed by atoms with E-state index in [-0.39, 0.29) is 17.2 Å². The number of ether oxygens (including phenoxy) is 1. The zero-order chi connectivity index (χ0) is 17.8. The summed E-state index contributed by atoms with van der Waals surface area (Å²) in [6.07, 6.45) is 1.53. The van der Waals surface area contributed by atoms with E-state index in [0.717, 1.165) is 5.39 Å². The number of aromatic nitrogens is 1. The van der Waals surface area contributed by atoms with Gasteiger partial charge in [0.2, 0.25) is 5.88 Å². The van der Waals surface area contributed by atoms with Crippen molar-refractivity contribution in [3.63, 3.8) is 0 Å². The molecule has 0 saturated heterocycles. The van der Waals surface area contributed by atoms with Crippen molar-refractivity contribution in [1.82, 2.24) is 15.8 Å². The first-order valence-electron chi connectivity index (χ1n) is 7.78. The van der Waals surface area contributed by atoms with Crippen LogP contribution in [0.4, 0.5) is 0 Å². The molecular formula is C18H17N3O4. The number of carbonyl (C=O) groups is 2. The lowest BCUT2D eigenvalue weighted by atomic mass is 10.1. The van der Waals surface area contributed by atoms with Crippen molar-refractivity contribution in [2.75, 3.05) is 6.61 Å². The Morgan fingerprint density at radius 3 is 2.64 bits per heavy atom. The van der Waals surface area contributed by atoms with Gasteiger partial charge < -0.3 is 9.15 Å². The van der Waals surface area contributed by atoms with Gasteiger partial charge >= 0.3 is 5.91 Å². The molecule has 0 spiro atoms. The van der Waals surface area contributed by atoms with Crippen molar-refractivity contribution in [2.45, 2.75) is 13.8 Å². The third-order valence-electron chi connectivity index (χ3n) is 3.64. The Labute approximate surface area is 144 Å². The number of aryl methyl sites for hydroxylation is 1. The fraction of sp³-hybridized carbons (Fsp3) is 0.167. The number of furan rings is 1. The molecule has 2 amide bonds. The van der Waals surface area contributed by atoms with Crippen LogP contribution in [0.3, 0.4) is 0 Å². The molecule has 0 fully saturated rings. The van der Waals surface area contributed by atoms with Gasteiger partial charge in [-0.15, -0.1) is 0 Å². The van der Waals surface area contributed by atoms with Crippen LogP contribution in [0.1, 0.15) is 33.4 Å². The van der Waals surface area contributed by atoms with Gasteiger partial charge in [0.15, 0.2) is 5.76 Å². The van der Waals surface area contributed by atoms with Crippen LogP contribution in [0.2, 0.25) is 0 Å². The van der Waals surface area contributed by atoms with E-state index in [0.29, 0.717) is 17.8 Å². The molecule has 7 heteroatoms. The lowest BCUT2D eigenvalue weighted by Gasteiger charge is -2.09. The predicted octanol–water partition coefficient (Wildman–Crippen LogP) is 2.61. The Bertz CT molecular complexity index is 933. The number of hydrogen-bond acceptors (Lipinski definition) is 5. The van der Waals surface area contributed by atoms with E-state index in [4.69, 9.17) is 9.15 Å². The number of nitrogens with one attached hydrogen (secondary N) is 2. The maximum absolute atomic E-state index is 12.3. The summed E-state index contributed by atoms with van der Waals surface area (Å²) in [5, 5.41) is 0.852. The molecule has 3 aromatic rings. The number of pyridine rings is 1. The lowest BCUT2D eigenvalue weighted by Crippen LogP contribution is -2.41. The molecule has 0 aliphatic rings. The van der Waals surface area contributed by atoms with Gasteiger partial charge in [-0.25, -0.2) is 4.98 Å². The third-order valence-corrected chi connectivity index (χ3v) is 3.64. The normalized spacial score (nSPS) is 10.5. The molecule has 2 heterocycles. The summed E-state index contributed by atoms with van der Waals surface area (Å²) < 4.78 is 10.9. The van der Waals surface area contributed by atoms with Gasteiger partial charge in [-0.05, 0) is 32.0 Å². The second kappa shape index (κ2) is 7.04. The Hall–Kier alpha value is -3.35. The number of benzene rings is 1. The monoisotopic (exact) mass is 339 g/mol. The Morgan fingerprint density at radius 2 is 1.88 bits per heavy atom. The van der Waals surface area contributed by atoms with Crippen molar-refractivity contribution in [3.8, 4) is 5.88 Å². The highest BCUT2D eigenvalue weighted by molar-refractivity contribution is 6.02. The summed E-state index contributed by atoms with van der Waals surface area (Å²) in [7, 11) is 0. The highest BCUT2D eigenvalue weighted by atomic mass is 16.5. The minimum atomic E-state index is -0.538. The largest absolute Gasteiger partial charge is 0.477 e. The molecule has 0 saturated carbocycles. The van der Waals surface area contributed by atoms with Crippen LogP contribution >= 0.6 is 0 Å². The molecule has 1 aromatic carbocycles. The number of nitrogens with zero attached hydrogens (tertiary/aromatic N) is 1. The average molecular weight is 339 g/mol. The zero-order valence-electron chi connectivity index (χ0n) is 13.8. The number of rotatable bonds is 4. The summed E-state index contributed by atoms with van der Waals surface area (Å²) in [5.41, 5.74) is 6.25. The Morgan fingerprint density at radius 1 is 1.12 bits per heavy atom. The Kier molecular flexibility index (Phi) is 4.65. The highest BCUT2D eigenvalue weighted by Gasteiger charge is 2.19. The predicted molar refractivity (Wildman–Crippen MR) is 91.3 cm³/mol. The SMILES string of the molecule is CCOc1ncccc1C(=O)NNC(=O)c1oc2ccccc2c1C. The van der Waals surface area contributed by atoms with Gasteiger partial charge in [0.1, 0.15) is 11.1 Å². The van der Waals surface area contributed by atoms with E-state index in [9.17, 15) is 9.59 Å². The standard InChI is InChI=1S/C18H17N3O4/c1-3-24-18-13(8-6-10-19-18)16(22)20-21-17(23)15-11(2)12-7-4-5-9-14(12)25-15/h4-10H,3H2,1-2H3,(H,20,22)(H,21,23). The molecule has 0 radical (unpaired) electrons. The quantitative estimate of drug-likeness (QED) is 0.713. The maximum atomic E-state index is 12.3. The van der Waals surface area contributed by atoms with Crippen LogP contribution in [0.25, 0.3) is 11.0 Å². The topological polar surface area (TPSA) is 93.5 Å². The minimum absolute atomic E-state index is 0.151. The summed E-state index contributed by atoms with van der Waals surface area (Å²) in [5.74, 6) is -0.711. The number of hydrazine groups is 1. The van der Waals surface area contributed by atoms with Crippen LogP contribution in [0.5, 0.6) is 5.88 Å². The molecule has 0 unspecified atom stereocenters. The van der Waals surface area contributed by atoms with Gasteiger partial charge in [0.05, 0.1) is 6.61 Å². The number of fused-ring (bicyclic) bond motifs is 1. The maximum Gasteiger partial charge on any atom is 0.305 e. The van der Waals surface area contributed by atoms with Crippen molar-refractivity contribution < 1.29 is 18.7 Å². The second-order valence-corrected chi connectivity index (χ2v) is 5.25. The van der Waals surface area contributed by atoms with E-state index < -0.39 is 11.8 Å². The van der Waals surface area contributed by atoms with Gasteiger partial charge in [-0.2, -0.15) is 0 Å². The number of amides is 2. The molecule has 0 atom stereocenters. The van der Waals surface area contributed by atoms with Gasteiger partial charge in [0, 0.05) is 17.1 Å². The van der Waals surface area contributed by atoms with E-state index in [1.54, 1.807) is 32.0 Å². The molecule has 0 aliphatic heterocycles. The molecule has 0 aliphatic carbocycles. The second-order valence-electron chi connectivity index (χ2n) is 5.25. The summed E-state index contributed by atoms with van der Waals surface area (Å²) in [6, 6.07) is 10.5. The van der Waals surface area contributed by atoms with Crippen molar-refractivity contribution >= 4 is 22.8 Å². The minimum Gasteiger partial charge on any atom is -0.477 e. The summed E-state index contributed by atoms with van der Waals surface area (Å²) in [6.45, 7) is 3.96. The molecule has 0 bridgehead atoms. The highest BCUT2D eigenvalue weighted by Crippen LogP contribution is 2.24. The Balaban J connectivity index is 1.73. The third kappa shape index (κ3) is 3.30. The van der Waals surface area contributed by atoms with E-state index in [2.05, 4.69) is 15.8 Å². The van der Waals surface area contributed by atoms with Crippen molar-refractivity contribution in [2.24, 2.45) is 0 Å². The van der Waals surface area contributed by atoms with Crippen molar-refractivity contribution in [3.05, 3.63) is 59.5 Å². The fourth-order valence-electron chi connectivity index (χ4n) is 2.44. The number of carbonyl (C=O) groups excluding carboxylic acids is 2. The van der Waals surface area contributed by atoms with Crippen LogP contribution in [0.15, 0.2) is 47.0 Å². The van der Waals surface area contributed by atoms with Crippen LogP contribution in [-0.2, 0) is 0 Å². The van der Waals surface area contributed by atoms with Gasteiger partial charge in [0.25, 0.3) is 5.91 Å². The van der Waals surface area contributed by atoms with Crippen LogP contribution in [0, 0.1) is 6.92 Å². The first-order chi connectivity index (χ1) is 12.1. The lowest BCUT2D eigenvalue weighted by molar-refractivity contribution is 0.0829. The molecule has 7 nitrogen and oxygen atoms in total. The molecular weight excluding hydrogens is 322 g/mol. The van der Waals surface area contributed by atoms with Gasteiger partial charge in [-0.1, -0.05) is 18.2 Å². The first kappa shape index (κ1) is 16.5. The average Bonchev–Trinajstić information content (AvgIpc) is 2.97. The molecule has 2 aromatic heterocycles. The first-order valence-corrected chi connectivity index (χ1v) is 7.78. The number of hydrogen-bond donors (Lipinski definition) is 2. The summed E-state index contributed by atoms with van der Waals surface area (Å²) in [4.78, 5) is 28.6. The van der Waals surface area contributed by atoms with Crippen LogP contribution < -0.4 is 15.6 Å². The summed E-state index contributed by atoms with van der Waals surface area (Å²) >= 11 is 0. The molecule has 2 N–H and O–H groups in total. The van der Waals surface area contributed by atoms with E-state index in [1.807, 2.05) is 18.2 Å². The smallest absolute Gasteiger partial charge is 0.305 e.